The summed E-state index contributed by atoms with van der Waals surface area (Å²) in [5.41, 5.74) is 0.578. The van der Waals surface area contributed by atoms with Gasteiger partial charge in [0.2, 0.25) is 5.91 Å². The number of amides is 1. The zero-order valence-corrected chi connectivity index (χ0v) is 11.3. The SMILES string of the molecule is CN(CC(=O)NCc1ccco1)Cc1ccccc1F. The van der Waals surface area contributed by atoms with Crippen LogP contribution in [0.3, 0.4) is 0 Å². The summed E-state index contributed by atoms with van der Waals surface area (Å²) in [7, 11) is 1.78. The molecule has 1 aromatic heterocycles. The second-order valence-corrected chi connectivity index (χ2v) is 4.62. The van der Waals surface area contributed by atoms with Gasteiger partial charge in [0.05, 0.1) is 19.4 Å². The predicted molar refractivity (Wildman–Crippen MR) is 73.3 cm³/mol. The molecule has 0 bridgehead atoms. The largest absolute Gasteiger partial charge is 0.467 e. The van der Waals surface area contributed by atoms with Gasteiger partial charge in [0.1, 0.15) is 11.6 Å². The van der Waals surface area contributed by atoms with Crippen LogP contribution in [0.4, 0.5) is 4.39 Å². The van der Waals surface area contributed by atoms with Crippen molar-refractivity contribution in [3.05, 3.63) is 59.8 Å². The molecule has 1 N–H and O–H groups in total. The molecular weight excluding hydrogens is 259 g/mol. The van der Waals surface area contributed by atoms with Crippen molar-refractivity contribution in [2.24, 2.45) is 0 Å². The van der Waals surface area contributed by atoms with Crippen molar-refractivity contribution in [1.29, 1.82) is 0 Å². The molecule has 106 valence electrons. The first kappa shape index (κ1) is 14.3. The smallest absolute Gasteiger partial charge is 0.234 e. The third kappa shape index (κ3) is 4.20. The zero-order valence-electron chi connectivity index (χ0n) is 11.3. The number of furan rings is 1. The van der Waals surface area contributed by atoms with Crippen LogP contribution >= 0.6 is 0 Å². The molecule has 0 aliphatic carbocycles. The average molecular weight is 276 g/mol. The normalized spacial score (nSPS) is 10.8. The lowest BCUT2D eigenvalue weighted by molar-refractivity contribution is -0.122. The first-order valence-corrected chi connectivity index (χ1v) is 6.36. The van der Waals surface area contributed by atoms with E-state index in [1.54, 1.807) is 48.5 Å². The maximum absolute atomic E-state index is 13.5. The van der Waals surface area contributed by atoms with Crippen LogP contribution in [0.1, 0.15) is 11.3 Å². The summed E-state index contributed by atoms with van der Waals surface area (Å²) < 4.78 is 18.6. The van der Waals surface area contributed by atoms with E-state index in [4.69, 9.17) is 4.42 Å². The Bertz CT molecular complexity index is 555. The van der Waals surface area contributed by atoms with Crippen molar-refractivity contribution < 1.29 is 13.6 Å². The summed E-state index contributed by atoms with van der Waals surface area (Å²) in [6, 6.07) is 10.1. The van der Waals surface area contributed by atoms with Gasteiger partial charge in [-0.05, 0) is 25.2 Å². The van der Waals surface area contributed by atoms with Gasteiger partial charge in [0.15, 0.2) is 0 Å². The number of benzene rings is 1. The van der Waals surface area contributed by atoms with E-state index in [9.17, 15) is 9.18 Å². The van der Waals surface area contributed by atoms with Crippen LogP contribution in [0.5, 0.6) is 0 Å². The molecule has 1 aromatic carbocycles. The van der Waals surface area contributed by atoms with Crippen LogP contribution < -0.4 is 5.32 Å². The van der Waals surface area contributed by atoms with Gasteiger partial charge in [-0.25, -0.2) is 4.39 Å². The molecule has 0 saturated carbocycles. The number of hydrogen-bond acceptors (Lipinski definition) is 3. The van der Waals surface area contributed by atoms with Crippen LogP contribution in [-0.4, -0.2) is 24.4 Å². The van der Waals surface area contributed by atoms with Crippen molar-refractivity contribution in [1.82, 2.24) is 10.2 Å². The van der Waals surface area contributed by atoms with E-state index < -0.39 is 0 Å². The van der Waals surface area contributed by atoms with Gasteiger partial charge in [-0.1, -0.05) is 18.2 Å². The molecule has 0 saturated heterocycles. The molecule has 0 atom stereocenters. The zero-order chi connectivity index (χ0) is 14.4. The highest BCUT2D eigenvalue weighted by Crippen LogP contribution is 2.08. The predicted octanol–water partition coefficient (Wildman–Crippen LogP) is 2.17. The first-order valence-electron chi connectivity index (χ1n) is 6.36. The summed E-state index contributed by atoms with van der Waals surface area (Å²) in [4.78, 5) is 13.5. The lowest BCUT2D eigenvalue weighted by atomic mass is 10.2. The third-order valence-electron chi connectivity index (χ3n) is 2.85. The minimum absolute atomic E-state index is 0.125. The molecule has 4 nitrogen and oxygen atoms in total. The average Bonchev–Trinajstić information content (AvgIpc) is 2.92. The molecule has 2 aromatic rings. The van der Waals surface area contributed by atoms with E-state index in [1.807, 2.05) is 0 Å². The number of hydrogen-bond donors (Lipinski definition) is 1. The second kappa shape index (κ2) is 6.86. The molecule has 5 heteroatoms. The number of likely N-dealkylation sites (N-methyl/N-ethyl adjacent to an activating group) is 1. The molecule has 0 radical (unpaired) electrons. The molecule has 0 fully saturated rings. The summed E-state index contributed by atoms with van der Waals surface area (Å²) in [5, 5.41) is 2.75. The quantitative estimate of drug-likeness (QED) is 0.879. The Morgan fingerprint density at radius 3 is 2.80 bits per heavy atom. The van der Waals surface area contributed by atoms with Gasteiger partial charge in [-0.2, -0.15) is 0 Å². The number of halogens is 1. The Labute approximate surface area is 117 Å². The van der Waals surface area contributed by atoms with Gasteiger partial charge < -0.3 is 9.73 Å². The molecule has 2 rings (SSSR count). The van der Waals surface area contributed by atoms with Crippen molar-refractivity contribution >= 4 is 5.91 Å². The van der Waals surface area contributed by atoms with E-state index in [0.29, 0.717) is 24.4 Å². The fourth-order valence-corrected chi connectivity index (χ4v) is 1.87. The Morgan fingerprint density at radius 1 is 1.30 bits per heavy atom. The Morgan fingerprint density at radius 2 is 2.10 bits per heavy atom. The van der Waals surface area contributed by atoms with E-state index in [-0.39, 0.29) is 18.3 Å². The molecule has 1 heterocycles. The molecule has 0 unspecified atom stereocenters. The molecule has 0 spiro atoms. The van der Waals surface area contributed by atoms with E-state index >= 15 is 0 Å². The lowest BCUT2D eigenvalue weighted by Gasteiger charge is -2.16. The van der Waals surface area contributed by atoms with E-state index in [0.717, 1.165) is 0 Å². The summed E-state index contributed by atoms with van der Waals surface area (Å²) >= 11 is 0. The van der Waals surface area contributed by atoms with Gasteiger partial charge in [0.25, 0.3) is 0 Å². The van der Waals surface area contributed by atoms with Gasteiger partial charge in [0, 0.05) is 12.1 Å². The number of rotatable bonds is 6. The van der Waals surface area contributed by atoms with Crippen LogP contribution in [0.15, 0.2) is 47.1 Å². The number of carbonyl (C=O) groups is 1. The van der Waals surface area contributed by atoms with Crippen LogP contribution in [0, 0.1) is 5.82 Å². The standard InChI is InChI=1S/C15H17FN2O2/c1-18(10-12-5-2-3-7-14(12)16)11-15(19)17-9-13-6-4-8-20-13/h2-8H,9-11H2,1H3,(H,17,19). The van der Waals surface area contributed by atoms with Crippen molar-refractivity contribution in [3.63, 3.8) is 0 Å². The maximum Gasteiger partial charge on any atom is 0.234 e. The molecule has 1 amide bonds. The van der Waals surface area contributed by atoms with E-state index in [1.165, 1.54) is 6.07 Å². The summed E-state index contributed by atoms with van der Waals surface area (Å²) in [5.74, 6) is 0.325. The highest BCUT2D eigenvalue weighted by Gasteiger charge is 2.09. The van der Waals surface area contributed by atoms with Crippen molar-refractivity contribution in [3.8, 4) is 0 Å². The molecule has 0 aliphatic rings. The van der Waals surface area contributed by atoms with Gasteiger partial charge in [-0.15, -0.1) is 0 Å². The van der Waals surface area contributed by atoms with Crippen LogP contribution in [0.25, 0.3) is 0 Å². The fraction of sp³-hybridized carbons (Fsp3) is 0.267. The van der Waals surface area contributed by atoms with Crippen molar-refractivity contribution in [2.45, 2.75) is 13.1 Å². The second-order valence-electron chi connectivity index (χ2n) is 4.62. The van der Waals surface area contributed by atoms with E-state index in [2.05, 4.69) is 5.32 Å². The minimum atomic E-state index is -0.254. The van der Waals surface area contributed by atoms with Crippen molar-refractivity contribution in [2.75, 3.05) is 13.6 Å². The number of nitrogens with one attached hydrogen (secondary N) is 1. The number of carbonyl (C=O) groups excluding carboxylic acids is 1. The Kier molecular flexibility index (Phi) is 4.90. The first-order chi connectivity index (χ1) is 9.65. The molecule has 0 aliphatic heterocycles. The summed E-state index contributed by atoms with van der Waals surface area (Å²) in [6.45, 7) is 0.954. The van der Waals surface area contributed by atoms with Gasteiger partial charge in [-0.3, -0.25) is 9.69 Å². The van der Waals surface area contributed by atoms with Crippen LogP contribution in [0.2, 0.25) is 0 Å². The fourth-order valence-electron chi connectivity index (χ4n) is 1.87. The summed E-state index contributed by atoms with van der Waals surface area (Å²) in [6.07, 6.45) is 1.56. The van der Waals surface area contributed by atoms with Crippen LogP contribution in [-0.2, 0) is 17.9 Å². The molecule has 20 heavy (non-hydrogen) atoms. The maximum atomic E-state index is 13.5. The monoisotopic (exact) mass is 276 g/mol. The topological polar surface area (TPSA) is 45.5 Å². The number of nitrogens with zero attached hydrogens (tertiary/aromatic N) is 1. The Balaban J connectivity index is 1.78. The highest BCUT2D eigenvalue weighted by molar-refractivity contribution is 5.77. The lowest BCUT2D eigenvalue weighted by Crippen LogP contribution is -2.34. The Hall–Kier alpha value is -2.14. The highest BCUT2D eigenvalue weighted by atomic mass is 19.1. The van der Waals surface area contributed by atoms with Gasteiger partial charge >= 0.3 is 0 Å². The minimum Gasteiger partial charge on any atom is -0.467 e. The third-order valence-corrected chi connectivity index (χ3v) is 2.85. The molecular formula is C15H17FN2O2.